The van der Waals surface area contributed by atoms with Crippen LogP contribution in [0.4, 0.5) is 0 Å². The fraction of sp³-hybridized carbons (Fsp3) is 0.667. The maximum atomic E-state index is 10.2. The number of H-pyrrole nitrogens is 1. The highest BCUT2D eigenvalue weighted by Gasteiger charge is 2.43. The molecule has 14 heavy (non-hydrogen) atoms. The highest BCUT2D eigenvalue weighted by Crippen LogP contribution is 2.52. The summed E-state index contributed by atoms with van der Waals surface area (Å²) in [6.45, 7) is 0. The number of aromatic nitrogens is 1. The zero-order valence-corrected chi connectivity index (χ0v) is 8.32. The lowest BCUT2D eigenvalue weighted by atomic mass is 9.83. The molecule has 0 aromatic carbocycles. The highest BCUT2D eigenvalue weighted by atomic mass is 16.3. The van der Waals surface area contributed by atoms with Gasteiger partial charge >= 0.3 is 0 Å². The molecule has 2 aliphatic carbocycles. The van der Waals surface area contributed by atoms with E-state index in [-0.39, 0.29) is 6.10 Å². The molecule has 0 spiro atoms. The van der Waals surface area contributed by atoms with Crippen molar-refractivity contribution >= 4 is 0 Å². The molecule has 2 N–H and O–H groups in total. The summed E-state index contributed by atoms with van der Waals surface area (Å²) in [5.41, 5.74) is 1.00. The SMILES string of the molecule is OC(c1ccc[nH]1)C1CC2CCC1C2. The van der Waals surface area contributed by atoms with Crippen LogP contribution in [0.2, 0.25) is 0 Å². The molecule has 2 bridgehead atoms. The fourth-order valence-electron chi connectivity index (χ4n) is 3.44. The summed E-state index contributed by atoms with van der Waals surface area (Å²) in [5, 5.41) is 10.2. The molecular weight excluding hydrogens is 174 g/mol. The van der Waals surface area contributed by atoms with Crippen molar-refractivity contribution in [1.29, 1.82) is 0 Å². The number of nitrogens with one attached hydrogen (secondary N) is 1. The van der Waals surface area contributed by atoms with Crippen molar-refractivity contribution in [2.75, 3.05) is 0 Å². The number of hydrogen-bond acceptors (Lipinski definition) is 1. The third-order valence-corrected chi connectivity index (χ3v) is 4.14. The lowest BCUT2D eigenvalue weighted by molar-refractivity contribution is 0.0714. The third kappa shape index (κ3) is 1.21. The van der Waals surface area contributed by atoms with Crippen LogP contribution in [0.5, 0.6) is 0 Å². The maximum Gasteiger partial charge on any atom is 0.0968 e. The van der Waals surface area contributed by atoms with E-state index >= 15 is 0 Å². The minimum atomic E-state index is -0.250. The predicted octanol–water partition coefficient (Wildman–Crippen LogP) is 2.48. The van der Waals surface area contributed by atoms with Crippen LogP contribution in [0.15, 0.2) is 18.3 Å². The Morgan fingerprint density at radius 2 is 2.29 bits per heavy atom. The van der Waals surface area contributed by atoms with Crippen LogP contribution < -0.4 is 0 Å². The topological polar surface area (TPSA) is 36.0 Å². The lowest BCUT2D eigenvalue weighted by Gasteiger charge is -2.26. The van der Waals surface area contributed by atoms with E-state index in [0.29, 0.717) is 5.92 Å². The Bertz CT molecular complexity index is 306. The molecule has 2 saturated carbocycles. The van der Waals surface area contributed by atoms with Crippen LogP contribution in [-0.4, -0.2) is 10.1 Å². The van der Waals surface area contributed by atoms with Gasteiger partial charge in [-0.1, -0.05) is 6.42 Å². The van der Waals surface area contributed by atoms with E-state index in [0.717, 1.165) is 17.5 Å². The van der Waals surface area contributed by atoms with Gasteiger partial charge in [-0.15, -0.1) is 0 Å². The van der Waals surface area contributed by atoms with Gasteiger partial charge in [0, 0.05) is 11.9 Å². The normalized spacial score (nSPS) is 37.6. The fourth-order valence-corrected chi connectivity index (χ4v) is 3.44. The number of aliphatic hydroxyl groups excluding tert-OH is 1. The average Bonchev–Trinajstić information content (AvgIpc) is 2.93. The molecule has 4 unspecified atom stereocenters. The third-order valence-electron chi connectivity index (χ3n) is 4.14. The average molecular weight is 191 g/mol. The summed E-state index contributed by atoms with van der Waals surface area (Å²) in [7, 11) is 0. The molecule has 0 radical (unpaired) electrons. The van der Waals surface area contributed by atoms with Crippen molar-refractivity contribution in [3.05, 3.63) is 24.0 Å². The Hall–Kier alpha value is -0.760. The van der Waals surface area contributed by atoms with Gasteiger partial charge in [0.15, 0.2) is 0 Å². The molecule has 2 aliphatic rings. The van der Waals surface area contributed by atoms with E-state index in [1.807, 2.05) is 18.3 Å². The first-order valence-corrected chi connectivity index (χ1v) is 5.66. The molecule has 4 atom stereocenters. The first-order valence-electron chi connectivity index (χ1n) is 5.66. The van der Waals surface area contributed by atoms with E-state index < -0.39 is 0 Å². The minimum Gasteiger partial charge on any atom is -0.387 e. The first kappa shape index (κ1) is 8.54. The minimum absolute atomic E-state index is 0.250. The van der Waals surface area contributed by atoms with E-state index in [1.54, 1.807) is 0 Å². The van der Waals surface area contributed by atoms with Crippen LogP contribution in [0.25, 0.3) is 0 Å². The van der Waals surface area contributed by atoms with Gasteiger partial charge in [0.1, 0.15) is 0 Å². The summed E-state index contributed by atoms with van der Waals surface area (Å²) in [4.78, 5) is 3.12. The quantitative estimate of drug-likeness (QED) is 0.740. The number of aromatic amines is 1. The zero-order chi connectivity index (χ0) is 9.54. The van der Waals surface area contributed by atoms with Crippen molar-refractivity contribution in [2.45, 2.75) is 31.8 Å². The van der Waals surface area contributed by atoms with Crippen molar-refractivity contribution in [2.24, 2.45) is 17.8 Å². The van der Waals surface area contributed by atoms with Crippen LogP contribution >= 0.6 is 0 Å². The van der Waals surface area contributed by atoms with Crippen LogP contribution in [0.3, 0.4) is 0 Å². The molecule has 1 heterocycles. The van der Waals surface area contributed by atoms with Gasteiger partial charge in [0.05, 0.1) is 6.10 Å². The molecule has 0 saturated heterocycles. The second-order valence-corrected chi connectivity index (χ2v) is 4.91. The van der Waals surface area contributed by atoms with E-state index in [4.69, 9.17) is 0 Å². The standard InChI is InChI=1S/C12H17NO/c14-12(11-2-1-5-13-11)10-7-8-3-4-9(10)6-8/h1-2,5,8-10,12-14H,3-4,6-7H2. The number of rotatable bonds is 2. The van der Waals surface area contributed by atoms with Crippen molar-refractivity contribution in [3.8, 4) is 0 Å². The van der Waals surface area contributed by atoms with E-state index in [1.165, 1.54) is 25.7 Å². The smallest absolute Gasteiger partial charge is 0.0968 e. The highest BCUT2D eigenvalue weighted by molar-refractivity contribution is 5.10. The molecular formula is C12H17NO. The molecule has 2 nitrogen and oxygen atoms in total. The molecule has 2 heteroatoms. The Balaban J connectivity index is 1.77. The summed E-state index contributed by atoms with van der Waals surface area (Å²) >= 11 is 0. The number of hydrogen-bond donors (Lipinski definition) is 2. The summed E-state index contributed by atoms with van der Waals surface area (Å²) in [6, 6.07) is 3.96. The second-order valence-electron chi connectivity index (χ2n) is 4.91. The van der Waals surface area contributed by atoms with Crippen LogP contribution in [0, 0.1) is 17.8 Å². The van der Waals surface area contributed by atoms with Gasteiger partial charge < -0.3 is 10.1 Å². The number of aliphatic hydroxyl groups is 1. The molecule has 1 aromatic rings. The Morgan fingerprint density at radius 1 is 1.36 bits per heavy atom. The van der Waals surface area contributed by atoms with Gasteiger partial charge in [-0.2, -0.15) is 0 Å². The molecule has 0 amide bonds. The Morgan fingerprint density at radius 3 is 2.86 bits per heavy atom. The number of fused-ring (bicyclic) bond motifs is 2. The van der Waals surface area contributed by atoms with Crippen molar-refractivity contribution < 1.29 is 5.11 Å². The van der Waals surface area contributed by atoms with Crippen LogP contribution in [-0.2, 0) is 0 Å². The van der Waals surface area contributed by atoms with E-state index in [9.17, 15) is 5.11 Å². The largest absolute Gasteiger partial charge is 0.387 e. The predicted molar refractivity (Wildman–Crippen MR) is 54.7 cm³/mol. The van der Waals surface area contributed by atoms with Gasteiger partial charge in [-0.05, 0) is 49.1 Å². The molecule has 76 valence electrons. The Kier molecular flexibility index (Phi) is 1.91. The van der Waals surface area contributed by atoms with E-state index in [2.05, 4.69) is 4.98 Å². The summed E-state index contributed by atoms with van der Waals surface area (Å²) in [5.74, 6) is 2.22. The second kappa shape index (κ2) is 3.13. The van der Waals surface area contributed by atoms with Crippen molar-refractivity contribution in [3.63, 3.8) is 0 Å². The Labute approximate surface area is 84.3 Å². The first-order chi connectivity index (χ1) is 6.84. The maximum absolute atomic E-state index is 10.2. The molecule has 0 aliphatic heterocycles. The summed E-state index contributed by atoms with van der Waals surface area (Å²) < 4.78 is 0. The summed E-state index contributed by atoms with van der Waals surface area (Å²) in [6.07, 6.45) is 6.99. The van der Waals surface area contributed by atoms with Gasteiger partial charge in [0.25, 0.3) is 0 Å². The molecule has 1 aromatic heterocycles. The molecule has 3 rings (SSSR count). The molecule has 2 fully saturated rings. The monoisotopic (exact) mass is 191 g/mol. The van der Waals surface area contributed by atoms with Gasteiger partial charge in [0.2, 0.25) is 0 Å². The lowest BCUT2D eigenvalue weighted by Crippen LogP contribution is -2.19. The van der Waals surface area contributed by atoms with Crippen LogP contribution in [0.1, 0.15) is 37.5 Å². The zero-order valence-electron chi connectivity index (χ0n) is 8.32. The van der Waals surface area contributed by atoms with Crippen molar-refractivity contribution in [1.82, 2.24) is 4.98 Å². The van der Waals surface area contributed by atoms with Gasteiger partial charge in [-0.3, -0.25) is 0 Å². The van der Waals surface area contributed by atoms with Gasteiger partial charge in [-0.25, -0.2) is 0 Å².